The summed E-state index contributed by atoms with van der Waals surface area (Å²) in [6, 6.07) is 6.07. The fraction of sp³-hybridized carbons (Fsp3) is 0.375. The molecule has 21 heavy (non-hydrogen) atoms. The maximum absolute atomic E-state index is 12.2. The Bertz CT molecular complexity index is 740. The molecule has 0 radical (unpaired) electrons. The second-order valence-corrected chi connectivity index (χ2v) is 7.38. The number of rotatable bonds is 1. The molecule has 2 aromatic rings. The minimum Gasteiger partial charge on any atom is -0.360 e. The molecular weight excluding hydrogens is 330 g/mol. The number of nitrogens with one attached hydrogen (secondary N) is 2. The molecule has 0 bridgehead atoms. The topological polar surface area (TPSA) is 57.2 Å². The van der Waals surface area contributed by atoms with E-state index >= 15 is 0 Å². The SMILES string of the molecule is CC(C)(C)[C@H]1CNC(=O)C(c2c[nH]c3cc(Br)ccc23)=N1. The molecule has 1 aliphatic heterocycles. The molecule has 1 amide bonds. The summed E-state index contributed by atoms with van der Waals surface area (Å²) in [7, 11) is 0. The molecule has 0 unspecified atom stereocenters. The zero-order chi connectivity index (χ0) is 15.2. The van der Waals surface area contributed by atoms with E-state index in [1.807, 2.05) is 24.4 Å². The van der Waals surface area contributed by atoms with Crippen molar-refractivity contribution >= 4 is 38.5 Å². The number of aliphatic imine (C=N–C) groups is 1. The van der Waals surface area contributed by atoms with Crippen molar-refractivity contribution in [2.45, 2.75) is 26.8 Å². The molecule has 0 fully saturated rings. The molecule has 0 spiro atoms. The van der Waals surface area contributed by atoms with E-state index in [1.165, 1.54) is 0 Å². The third-order valence-corrected chi connectivity index (χ3v) is 4.35. The van der Waals surface area contributed by atoms with Crippen molar-refractivity contribution in [3.8, 4) is 0 Å². The van der Waals surface area contributed by atoms with E-state index in [1.54, 1.807) is 0 Å². The highest BCUT2D eigenvalue weighted by Crippen LogP contribution is 2.27. The Morgan fingerprint density at radius 3 is 2.81 bits per heavy atom. The zero-order valence-corrected chi connectivity index (χ0v) is 13.9. The molecule has 1 atom stereocenters. The van der Waals surface area contributed by atoms with Gasteiger partial charge in [-0.2, -0.15) is 0 Å². The Morgan fingerprint density at radius 2 is 2.10 bits per heavy atom. The number of benzene rings is 1. The predicted octanol–water partition coefficient (Wildman–Crippen LogP) is 3.26. The van der Waals surface area contributed by atoms with Crippen LogP contribution in [0.2, 0.25) is 0 Å². The van der Waals surface area contributed by atoms with Gasteiger partial charge in [0, 0.05) is 33.7 Å². The predicted molar refractivity (Wildman–Crippen MR) is 88.8 cm³/mol. The summed E-state index contributed by atoms with van der Waals surface area (Å²) < 4.78 is 1.01. The van der Waals surface area contributed by atoms with E-state index in [-0.39, 0.29) is 17.4 Å². The lowest BCUT2D eigenvalue weighted by atomic mass is 9.86. The number of halogens is 1. The van der Waals surface area contributed by atoms with E-state index in [0.717, 1.165) is 20.9 Å². The third kappa shape index (κ3) is 2.62. The van der Waals surface area contributed by atoms with Crippen LogP contribution in [0, 0.1) is 5.41 Å². The van der Waals surface area contributed by atoms with E-state index in [9.17, 15) is 4.79 Å². The molecule has 0 saturated carbocycles. The maximum Gasteiger partial charge on any atom is 0.270 e. The first kappa shape index (κ1) is 14.3. The van der Waals surface area contributed by atoms with Gasteiger partial charge in [-0.1, -0.05) is 42.8 Å². The van der Waals surface area contributed by atoms with Crippen LogP contribution in [-0.4, -0.2) is 29.2 Å². The fourth-order valence-electron chi connectivity index (χ4n) is 2.52. The number of amides is 1. The number of nitrogens with zero attached hydrogens (tertiary/aromatic N) is 1. The number of hydrogen-bond donors (Lipinski definition) is 2. The average Bonchev–Trinajstić information content (AvgIpc) is 2.80. The molecule has 2 heterocycles. The number of carbonyl (C=O) groups excluding carboxylic acids is 1. The quantitative estimate of drug-likeness (QED) is 0.817. The minimum absolute atomic E-state index is 0.0219. The first-order valence-electron chi connectivity index (χ1n) is 6.99. The standard InChI is InChI=1S/C16H18BrN3O/c1-16(2,3)13-8-19-15(21)14(20-13)11-7-18-12-6-9(17)4-5-10(11)12/h4-7,13,18H,8H2,1-3H3,(H,19,21)/t13-/m1/s1. The van der Waals surface area contributed by atoms with Gasteiger partial charge in [-0.3, -0.25) is 9.79 Å². The van der Waals surface area contributed by atoms with Gasteiger partial charge in [-0.15, -0.1) is 0 Å². The normalized spacial score (nSPS) is 19.5. The maximum atomic E-state index is 12.2. The van der Waals surface area contributed by atoms with Crippen LogP contribution in [0.1, 0.15) is 26.3 Å². The van der Waals surface area contributed by atoms with Crippen molar-refractivity contribution in [3.63, 3.8) is 0 Å². The van der Waals surface area contributed by atoms with E-state index < -0.39 is 0 Å². The van der Waals surface area contributed by atoms with Gasteiger partial charge in [0.1, 0.15) is 5.71 Å². The summed E-state index contributed by atoms with van der Waals surface area (Å²) in [5.41, 5.74) is 2.40. The molecule has 110 valence electrons. The number of aromatic nitrogens is 1. The Morgan fingerprint density at radius 1 is 1.33 bits per heavy atom. The Labute approximate surface area is 132 Å². The van der Waals surface area contributed by atoms with Crippen LogP contribution in [0.5, 0.6) is 0 Å². The van der Waals surface area contributed by atoms with Gasteiger partial charge in [0.2, 0.25) is 0 Å². The minimum atomic E-state index is -0.0979. The lowest BCUT2D eigenvalue weighted by molar-refractivity contribution is -0.115. The van der Waals surface area contributed by atoms with E-state index in [2.05, 4.69) is 47.0 Å². The smallest absolute Gasteiger partial charge is 0.270 e. The first-order valence-corrected chi connectivity index (χ1v) is 7.78. The third-order valence-electron chi connectivity index (χ3n) is 3.85. The van der Waals surface area contributed by atoms with Crippen LogP contribution in [0.25, 0.3) is 10.9 Å². The van der Waals surface area contributed by atoms with Crippen LogP contribution in [0.3, 0.4) is 0 Å². The van der Waals surface area contributed by atoms with Crippen molar-refractivity contribution < 1.29 is 4.79 Å². The van der Waals surface area contributed by atoms with Gasteiger partial charge in [0.05, 0.1) is 6.04 Å². The van der Waals surface area contributed by atoms with Gasteiger partial charge in [-0.05, 0) is 17.5 Å². The zero-order valence-electron chi connectivity index (χ0n) is 12.3. The van der Waals surface area contributed by atoms with Crippen molar-refractivity contribution in [2.24, 2.45) is 10.4 Å². The first-order chi connectivity index (χ1) is 9.86. The van der Waals surface area contributed by atoms with Crippen LogP contribution >= 0.6 is 15.9 Å². The van der Waals surface area contributed by atoms with E-state index in [4.69, 9.17) is 4.99 Å². The summed E-state index contributed by atoms with van der Waals surface area (Å²) in [4.78, 5) is 20.1. The Hall–Kier alpha value is -1.62. The van der Waals surface area contributed by atoms with Crippen molar-refractivity contribution in [2.75, 3.05) is 6.54 Å². The van der Waals surface area contributed by atoms with Crippen molar-refractivity contribution in [1.29, 1.82) is 0 Å². The molecule has 1 aliphatic rings. The van der Waals surface area contributed by atoms with Gasteiger partial charge < -0.3 is 10.3 Å². The Kier molecular flexibility index (Phi) is 3.40. The molecule has 0 saturated heterocycles. The lowest BCUT2D eigenvalue weighted by Crippen LogP contribution is -2.46. The highest BCUT2D eigenvalue weighted by Gasteiger charge is 2.31. The van der Waals surface area contributed by atoms with Gasteiger partial charge in [-0.25, -0.2) is 0 Å². The van der Waals surface area contributed by atoms with Crippen molar-refractivity contribution in [1.82, 2.24) is 10.3 Å². The molecule has 4 nitrogen and oxygen atoms in total. The van der Waals surface area contributed by atoms with E-state index in [0.29, 0.717) is 12.3 Å². The molecule has 2 N–H and O–H groups in total. The van der Waals surface area contributed by atoms with Gasteiger partial charge in [0.15, 0.2) is 0 Å². The monoisotopic (exact) mass is 347 g/mol. The summed E-state index contributed by atoms with van der Waals surface area (Å²) in [6.07, 6.45) is 1.86. The largest absolute Gasteiger partial charge is 0.360 e. The summed E-state index contributed by atoms with van der Waals surface area (Å²) in [5, 5.41) is 3.98. The highest BCUT2D eigenvalue weighted by molar-refractivity contribution is 9.10. The summed E-state index contributed by atoms with van der Waals surface area (Å²) in [5.74, 6) is -0.0979. The molecule has 3 rings (SSSR count). The van der Waals surface area contributed by atoms with Crippen LogP contribution in [0.4, 0.5) is 0 Å². The lowest BCUT2D eigenvalue weighted by Gasteiger charge is -2.31. The second kappa shape index (κ2) is 4.98. The Balaban J connectivity index is 2.11. The number of aromatic amines is 1. The van der Waals surface area contributed by atoms with Crippen molar-refractivity contribution in [3.05, 3.63) is 34.4 Å². The number of hydrogen-bond acceptors (Lipinski definition) is 2. The number of carbonyl (C=O) groups is 1. The summed E-state index contributed by atoms with van der Waals surface area (Å²) in [6.45, 7) is 7.02. The van der Waals surface area contributed by atoms with Crippen LogP contribution < -0.4 is 5.32 Å². The summed E-state index contributed by atoms with van der Waals surface area (Å²) >= 11 is 3.46. The van der Waals surface area contributed by atoms with Gasteiger partial charge in [0.25, 0.3) is 5.91 Å². The number of fused-ring (bicyclic) bond motifs is 1. The fourth-order valence-corrected chi connectivity index (χ4v) is 2.88. The molecule has 1 aromatic carbocycles. The molecule has 1 aromatic heterocycles. The molecular formula is C16H18BrN3O. The number of H-pyrrole nitrogens is 1. The molecule has 5 heteroatoms. The second-order valence-electron chi connectivity index (χ2n) is 6.46. The average molecular weight is 348 g/mol. The highest BCUT2D eigenvalue weighted by atomic mass is 79.9. The van der Waals surface area contributed by atoms with Crippen LogP contribution in [-0.2, 0) is 4.79 Å². The van der Waals surface area contributed by atoms with Gasteiger partial charge >= 0.3 is 0 Å². The van der Waals surface area contributed by atoms with Crippen LogP contribution in [0.15, 0.2) is 33.9 Å². The molecule has 0 aliphatic carbocycles.